The monoisotopic (exact) mass is 228 g/mol. The van der Waals surface area contributed by atoms with Crippen molar-refractivity contribution in [1.82, 2.24) is 4.98 Å². The van der Waals surface area contributed by atoms with Crippen LogP contribution >= 0.6 is 11.6 Å². The van der Waals surface area contributed by atoms with Gasteiger partial charge in [-0.25, -0.2) is 4.98 Å². The Labute approximate surface area is 96.0 Å². The van der Waals surface area contributed by atoms with E-state index in [9.17, 15) is 0 Å². The molecule has 1 heterocycles. The molecular formula is C11H17ClN2O. The maximum atomic E-state index is 5.77. The Hall–Kier alpha value is -0.960. The Morgan fingerprint density at radius 3 is 2.87 bits per heavy atom. The minimum absolute atomic E-state index is 0.630. The molecule has 0 unspecified atom stereocenters. The Bertz CT molecular complexity index is 288. The van der Waals surface area contributed by atoms with Crippen molar-refractivity contribution >= 4 is 17.3 Å². The van der Waals surface area contributed by atoms with Gasteiger partial charge in [-0.1, -0.05) is 6.92 Å². The number of hydrogen-bond acceptors (Lipinski definition) is 3. The largest absolute Gasteiger partial charge is 0.481 e. The van der Waals surface area contributed by atoms with Gasteiger partial charge in [0.25, 0.3) is 0 Å². The number of rotatable bonds is 6. The molecule has 0 aliphatic carbocycles. The predicted molar refractivity (Wildman–Crippen MR) is 64.0 cm³/mol. The summed E-state index contributed by atoms with van der Waals surface area (Å²) in [4.78, 5) is 6.31. The summed E-state index contributed by atoms with van der Waals surface area (Å²) in [5.41, 5.74) is 1.12. The molecule has 84 valence electrons. The highest BCUT2D eigenvalue weighted by atomic mass is 35.5. The molecule has 1 aromatic heterocycles. The van der Waals surface area contributed by atoms with Gasteiger partial charge in [-0.2, -0.15) is 0 Å². The van der Waals surface area contributed by atoms with Crippen LogP contribution in [0, 0.1) is 0 Å². The number of pyridine rings is 1. The maximum Gasteiger partial charge on any atom is 0.214 e. The summed E-state index contributed by atoms with van der Waals surface area (Å²) >= 11 is 5.77. The Morgan fingerprint density at radius 2 is 2.27 bits per heavy atom. The van der Waals surface area contributed by atoms with Crippen molar-refractivity contribution in [3.05, 3.63) is 18.3 Å². The normalized spacial score (nSPS) is 10.1. The molecule has 3 nitrogen and oxygen atoms in total. The van der Waals surface area contributed by atoms with Gasteiger partial charge in [0.1, 0.15) is 0 Å². The minimum Gasteiger partial charge on any atom is -0.481 e. The van der Waals surface area contributed by atoms with Crippen LogP contribution in [-0.2, 0) is 0 Å². The first-order valence-corrected chi connectivity index (χ1v) is 5.66. The number of halogens is 1. The molecule has 0 bridgehead atoms. The van der Waals surface area contributed by atoms with Crippen LogP contribution in [0.25, 0.3) is 0 Å². The van der Waals surface area contributed by atoms with Gasteiger partial charge in [0.15, 0.2) is 0 Å². The first-order chi connectivity index (χ1) is 7.31. The SMILES string of the molecule is CCCN(CCCl)c1ccnc(OC)c1. The zero-order chi connectivity index (χ0) is 11.1. The fourth-order valence-corrected chi connectivity index (χ4v) is 1.65. The number of ether oxygens (including phenoxy) is 1. The highest BCUT2D eigenvalue weighted by Crippen LogP contribution is 2.18. The molecule has 0 radical (unpaired) electrons. The molecule has 0 aromatic carbocycles. The molecule has 15 heavy (non-hydrogen) atoms. The zero-order valence-electron chi connectivity index (χ0n) is 9.24. The smallest absolute Gasteiger partial charge is 0.214 e. The number of alkyl halides is 1. The van der Waals surface area contributed by atoms with Crippen molar-refractivity contribution in [2.45, 2.75) is 13.3 Å². The fraction of sp³-hybridized carbons (Fsp3) is 0.545. The lowest BCUT2D eigenvalue weighted by molar-refractivity contribution is 0.398. The summed E-state index contributed by atoms with van der Waals surface area (Å²) < 4.78 is 5.09. The van der Waals surface area contributed by atoms with Gasteiger partial charge in [-0.3, -0.25) is 0 Å². The van der Waals surface area contributed by atoms with Crippen molar-refractivity contribution in [1.29, 1.82) is 0 Å². The van der Waals surface area contributed by atoms with E-state index in [-0.39, 0.29) is 0 Å². The maximum absolute atomic E-state index is 5.77. The number of methoxy groups -OCH3 is 1. The van der Waals surface area contributed by atoms with E-state index in [4.69, 9.17) is 16.3 Å². The fourth-order valence-electron chi connectivity index (χ4n) is 1.45. The first kappa shape index (κ1) is 12.1. The molecule has 0 spiro atoms. The highest BCUT2D eigenvalue weighted by molar-refractivity contribution is 6.18. The van der Waals surface area contributed by atoms with Crippen LogP contribution in [0.2, 0.25) is 0 Å². The average molecular weight is 229 g/mol. The van der Waals surface area contributed by atoms with Gasteiger partial charge in [-0.15, -0.1) is 11.6 Å². The Morgan fingerprint density at radius 1 is 1.47 bits per heavy atom. The molecule has 0 saturated carbocycles. The second kappa shape index (κ2) is 6.51. The van der Waals surface area contributed by atoms with Gasteiger partial charge in [0.2, 0.25) is 5.88 Å². The van der Waals surface area contributed by atoms with E-state index in [1.165, 1.54) is 0 Å². The second-order valence-corrected chi connectivity index (χ2v) is 3.61. The zero-order valence-corrected chi connectivity index (χ0v) is 10.00. The van der Waals surface area contributed by atoms with Gasteiger partial charge in [-0.05, 0) is 12.5 Å². The van der Waals surface area contributed by atoms with E-state index >= 15 is 0 Å². The first-order valence-electron chi connectivity index (χ1n) is 5.12. The number of anilines is 1. The van der Waals surface area contributed by atoms with Crippen molar-refractivity contribution in [2.24, 2.45) is 0 Å². The van der Waals surface area contributed by atoms with E-state index in [2.05, 4.69) is 16.8 Å². The molecule has 0 N–H and O–H groups in total. The van der Waals surface area contributed by atoms with Crippen LogP contribution in [0.5, 0.6) is 5.88 Å². The van der Waals surface area contributed by atoms with Crippen LogP contribution in [0.1, 0.15) is 13.3 Å². The van der Waals surface area contributed by atoms with E-state index in [0.717, 1.165) is 25.2 Å². The van der Waals surface area contributed by atoms with Crippen molar-refractivity contribution in [3.63, 3.8) is 0 Å². The van der Waals surface area contributed by atoms with Crippen LogP contribution in [0.4, 0.5) is 5.69 Å². The van der Waals surface area contributed by atoms with Gasteiger partial charge < -0.3 is 9.64 Å². The summed E-state index contributed by atoms with van der Waals surface area (Å²) in [6, 6.07) is 3.91. The molecule has 0 amide bonds. The molecule has 0 aliphatic heterocycles. The number of nitrogens with zero attached hydrogens (tertiary/aromatic N) is 2. The summed E-state index contributed by atoms with van der Waals surface area (Å²) in [5, 5.41) is 0. The molecule has 0 fully saturated rings. The molecule has 1 aromatic rings. The highest BCUT2D eigenvalue weighted by Gasteiger charge is 2.05. The topological polar surface area (TPSA) is 25.4 Å². The van der Waals surface area contributed by atoms with Gasteiger partial charge >= 0.3 is 0 Å². The van der Waals surface area contributed by atoms with Crippen LogP contribution in [0.15, 0.2) is 18.3 Å². The molecular weight excluding hydrogens is 212 g/mol. The minimum atomic E-state index is 0.630. The lowest BCUT2D eigenvalue weighted by atomic mass is 10.3. The lowest BCUT2D eigenvalue weighted by Gasteiger charge is -2.23. The molecule has 0 atom stereocenters. The summed E-state index contributed by atoms with van der Waals surface area (Å²) in [5.74, 6) is 1.27. The summed E-state index contributed by atoms with van der Waals surface area (Å²) in [7, 11) is 1.62. The Kier molecular flexibility index (Phi) is 5.26. The molecule has 1 rings (SSSR count). The quantitative estimate of drug-likeness (QED) is 0.700. The molecule has 0 aliphatic rings. The van der Waals surface area contributed by atoms with Gasteiger partial charge in [0.05, 0.1) is 7.11 Å². The summed E-state index contributed by atoms with van der Waals surface area (Å²) in [6.07, 6.45) is 2.85. The lowest BCUT2D eigenvalue weighted by Crippen LogP contribution is -2.26. The Balaban J connectivity index is 2.79. The van der Waals surface area contributed by atoms with Crippen LogP contribution in [0.3, 0.4) is 0 Å². The van der Waals surface area contributed by atoms with Crippen molar-refractivity contribution in [2.75, 3.05) is 31.0 Å². The molecule has 0 saturated heterocycles. The number of aromatic nitrogens is 1. The predicted octanol–water partition coefficient (Wildman–Crippen LogP) is 2.55. The standard InChI is InChI=1S/C11H17ClN2O/c1-3-7-14(8-5-12)10-4-6-13-11(9-10)15-2/h4,6,9H,3,5,7-8H2,1-2H3. The van der Waals surface area contributed by atoms with Crippen molar-refractivity contribution < 1.29 is 4.74 Å². The second-order valence-electron chi connectivity index (χ2n) is 3.23. The van der Waals surface area contributed by atoms with Crippen LogP contribution < -0.4 is 9.64 Å². The molecule has 4 heteroatoms. The number of hydrogen-bond donors (Lipinski definition) is 0. The van der Waals surface area contributed by atoms with E-state index in [1.54, 1.807) is 13.3 Å². The van der Waals surface area contributed by atoms with Gasteiger partial charge in [0, 0.05) is 36.9 Å². The van der Waals surface area contributed by atoms with E-state index < -0.39 is 0 Å². The summed E-state index contributed by atoms with van der Waals surface area (Å²) in [6.45, 7) is 4.00. The van der Waals surface area contributed by atoms with E-state index in [0.29, 0.717) is 11.8 Å². The average Bonchev–Trinajstić information content (AvgIpc) is 2.29. The third kappa shape index (κ3) is 3.59. The van der Waals surface area contributed by atoms with Crippen molar-refractivity contribution in [3.8, 4) is 5.88 Å². The third-order valence-corrected chi connectivity index (χ3v) is 2.31. The van der Waals surface area contributed by atoms with Crippen LogP contribution in [-0.4, -0.2) is 31.1 Å². The van der Waals surface area contributed by atoms with E-state index in [1.807, 2.05) is 12.1 Å². The third-order valence-electron chi connectivity index (χ3n) is 2.14.